The Kier molecular flexibility index (Phi) is 5.45. The fourth-order valence-electron chi connectivity index (χ4n) is 1.35. The second-order valence-electron chi connectivity index (χ2n) is 3.07. The van der Waals surface area contributed by atoms with Gasteiger partial charge in [0.05, 0.1) is 0 Å². The zero-order valence-electron chi connectivity index (χ0n) is 8.91. The van der Waals surface area contributed by atoms with E-state index in [1.165, 1.54) is 10.5 Å². The highest BCUT2D eigenvalue weighted by Crippen LogP contribution is 2.20. The van der Waals surface area contributed by atoms with E-state index in [4.69, 9.17) is 0 Å². The average Bonchev–Trinajstić information content (AvgIpc) is 2.26. The van der Waals surface area contributed by atoms with Crippen LogP contribution in [0.4, 0.5) is 0 Å². The van der Waals surface area contributed by atoms with E-state index in [1.54, 1.807) is 11.8 Å². The molecule has 1 nitrogen and oxygen atoms in total. The molecule has 0 fully saturated rings. The van der Waals surface area contributed by atoms with Gasteiger partial charge in [-0.25, -0.2) is 0 Å². The molecule has 0 aromatic heterocycles. The van der Waals surface area contributed by atoms with Crippen LogP contribution in [0.2, 0.25) is 0 Å². The normalized spacial score (nSPS) is 12.8. The third-order valence-corrected chi connectivity index (χ3v) is 3.61. The minimum atomic E-state index is 0.473. The molecule has 0 saturated heterocycles. The highest BCUT2D eigenvalue weighted by atomic mass is 32.2. The first kappa shape index (κ1) is 12.0. The SMILES string of the molecule is CNC(CSC)c1ccc(SC)cc1. The second-order valence-corrected chi connectivity index (χ2v) is 4.86. The fourth-order valence-corrected chi connectivity index (χ4v) is 2.45. The summed E-state index contributed by atoms with van der Waals surface area (Å²) in [6.07, 6.45) is 4.24. The van der Waals surface area contributed by atoms with Crippen LogP contribution in [0.1, 0.15) is 11.6 Å². The molecule has 1 aromatic rings. The van der Waals surface area contributed by atoms with Crippen molar-refractivity contribution in [3.8, 4) is 0 Å². The van der Waals surface area contributed by atoms with Crippen molar-refractivity contribution >= 4 is 23.5 Å². The Morgan fingerprint density at radius 1 is 1.21 bits per heavy atom. The highest BCUT2D eigenvalue weighted by Gasteiger charge is 2.07. The van der Waals surface area contributed by atoms with Gasteiger partial charge in [-0.15, -0.1) is 11.8 Å². The lowest BCUT2D eigenvalue weighted by atomic mass is 10.1. The average molecular weight is 227 g/mol. The monoisotopic (exact) mass is 227 g/mol. The molecule has 1 atom stereocenters. The van der Waals surface area contributed by atoms with Crippen molar-refractivity contribution in [2.45, 2.75) is 10.9 Å². The van der Waals surface area contributed by atoms with Gasteiger partial charge in [0, 0.05) is 16.7 Å². The van der Waals surface area contributed by atoms with Gasteiger partial charge in [0.1, 0.15) is 0 Å². The summed E-state index contributed by atoms with van der Waals surface area (Å²) in [5.41, 5.74) is 1.37. The van der Waals surface area contributed by atoms with E-state index in [1.807, 2.05) is 18.8 Å². The van der Waals surface area contributed by atoms with Crippen LogP contribution in [0.5, 0.6) is 0 Å². The Bertz CT molecular complexity index is 258. The van der Waals surface area contributed by atoms with Crippen LogP contribution in [0.3, 0.4) is 0 Å². The first-order chi connectivity index (χ1) is 6.81. The van der Waals surface area contributed by atoms with Crippen molar-refractivity contribution in [1.82, 2.24) is 5.32 Å². The molecule has 78 valence electrons. The lowest BCUT2D eigenvalue weighted by Crippen LogP contribution is -2.18. The smallest absolute Gasteiger partial charge is 0.0409 e. The molecule has 0 heterocycles. The fraction of sp³-hybridized carbons (Fsp3) is 0.455. The summed E-state index contributed by atoms with van der Waals surface area (Å²) < 4.78 is 0. The molecule has 0 aliphatic carbocycles. The molecule has 0 bridgehead atoms. The molecule has 0 amide bonds. The van der Waals surface area contributed by atoms with Crippen molar-refractivity contribution in [3.05, 3.63) is 29.8 Å². The van der Waals surface area contributed by atoms with Gasteiger partial charge in [-0.3, -0.25) is 0 Å². The third kappa shape index (κ3) is 3.23. The largest absolute Gasteiger partial charge is 0.312 e. The standard InChI is InChI=1S/C11H17NS2/c1-12-11(8-13-2)9-4-6-10(14-3)7-5-9/h4-7,11-12H,8H2,1-3H3. The van der Waals surface area contributed by atoms with Gasteiger partial charge in [-0.05, 0) is 37.3 Å². The lowest BCUT2D eigenvalue weighted by molar-refractivity contribution is 0.662. The minimum Gasteiger partial charge on any atom is -0.312 e. The summed E-state index contributed by atoms with van der Waals surface area (Å²) in [4.78, 5) is 1.33. The van der Waals surface area contributed by atoms with Crippen LogP contribution in [0.25, 0.3) is 0 Å². The van der Waals surface area contributed by atoms with Gasteiger partial charge in [0.2, 0.25) is 0 Å². The van der Waals surface area contributed by atoms with Gasteiger partial charge in [0.25, 0.3) is 0 Å². The molecular weight excluding hydrogens is 210 g/mol. The van der Waals surface area contributed by atoms with Crippen molar-refractivity contribution < 1.29 is 0 Å². The molecule has 1 rings (SSSR count). The maximum Gasteiger partial charge on any atom is 0.0409 e. The zero-order valence-corrected chi connectivity index (χ0v) is 10.5. The number of hydrogen-bond donors (Lipinski definition) is 1. The molecular formula is C11H17NS2. The summed E-state index contributed by atoms with van der Waals surface area (Å²) in [7, 11) is 2.02. The molecule has 0 saturated carbocycles. The molecule has 0 radical (unpaired) electrons. The molecule has 0 aliphatic heterocycles. The van der Waals surface area contributed by atoms with Crippen molar-refractivity contribution in [2.24, 2.45) is 0 Å². The molecule has 1 N–H and O–H groups in total. The summed E-state index contributed by atoms with van der Waals surface area (Å²) in [5.74, 6) is 1.12. The summed E-state index contributed by atoms with van der Waals surface area (Å²) in [6, 6.07) is 9.27. The van der Waals surface area contributed by atoms with E-state index < -0.39 is 0 Å². The van der Waals surface area contributed by atoms with Gasteiger partial charge in [-0.1, -0.05) is 12.1 Å². The van der Waals surface area contributed by atoms with Gasteiger partial charge >= 0.3 is 0 Å². The number of hydrogen-bond acceptors (Lipinski definition) is 3. The lowest BCUT2D eigenvalue weighted by Gasteiger charge is -2.15. The maximum absolute atomic E-state index is 3.33. The number of rotatable bonds is 5. The summed E-state index contributed by atoms with van der Waals surface area (Å²) in [6.45, 7) is 0. The minimum absolute atomic E-state index is 0.473. The highest BCUT2D eigenvalue weighted by molar-refractivity contribution is 7.98. The van der Waals surface area contributed by atoms with E-state index in [0.29, 0.717) is 6.04 Å². The predicted molar refractivity (Wildman–Crippen MR) is 68.4 cm³/mol. The number of nitrogens with one attached hydrogen (secondary N) is 1. The Hall–Kier alpha value is -0.120. The number of thioether (sulfide) groups is 2. The Labute approximate surface area is 95.1 Å². The van der Waals surface area contributed by atoms with Crippen LogP contribution < -0.4 is 5.32 Å². The molecule has 0 aliphatic rings. The summed E-state index contributed by atoms with van der Waals surface area (Å²) in [5, 5.41) is 3.33. The molecule has 14 heavy (non-hydrogen) atoms. The van der Waals surface area contributed by atoms with E-state index in [9.17, 15) is 0 Å². The molecule has 1 unspecified atom stereocenters. The van der Waals surface area contributed by atoms with Crippen molar-refractivity contribution in [2.75, 3.05) is 25.3 Å². The van der Waals surface area contributed by atoms with Crippen LogP contribution in [0, 0.1) is 0 Å². The Balaban J connectivity index is 2.73. The van der Waals surface area contributed by atoms with E-state index >= 15 is 0 Å². The zero-order chi connectivity index (χ0) is 10.4. The van der Waals surface area contributed by atoms with E-state index in [-0.39, 0.29) is 0 Å². The van der Waals surface area contributed by atoms with Gasteiger partial charge in [-0.2, -0.15) is 11.8 Å². The van der Waals surface area contributed by atoms with Crippen LogP contribution >= 0.6 is 23.5 Å². The summed E-state index contributed by atoms with van der Waals surface area (Å²) >= 11 is 3.66. The molecule has 3 heteroatoms. The van der Waals surface area contributed by atoms with Crippen molar-refractivity contribution in [3.63, 3.8) is 0 Å². The second kappa shape index (κ2) is 6.38. The first-order valence-corrected chi connectivity index (χ1v) is 7.23. The van der Waals surface area contributed by atoms with Crippen molar-refractivity contribution in [1.29, 1.82) is 0 Å². The predicted octanol–water partition coefficient (Wildman–Crippen LogP) is 3.03. The van der Waals surface area contributed by atoms with Gasteiger partial charge < -0.3 is 5.32 Å². The van der Waals surface area contributed by atoms with Crippen LogP contribution in [-0.2, 0) is 0 Å². The topological polar surface area (TPSA) is 12.0 Å². The van der Waals surface area contributed by atoms with Crippen LogP contribution in [0.15, 0.2) is 29.2 Å². The third-order valence-electron chi connectivity index (χ3n) is 2.20. The van der Waals surface area contributed by atoms with Crippen LogP contribution in [-0.4, -0.2) is 25.3 Å². The maximum atomic E-state index is 3.33. The van der Waals surface area contributed by atoms with E-state index in [2.05, 4.69) is 42.1 Å². The number of benzene rings is 1. The van der Waals surface area contributed by atoms with E-state index in [0.717, 1.165) is 5.75 Å². The van der Waals surface area contributed by atoms with Gasteiger partial charge in [0.15, 0.2) is 0 Å². The Morgan fingerprint density at radius 3 is 2.29 bits per heavy atom. The molecule has 0 spiro atoms. The molecule has 1 aromatic carbocycles. The Morgan fingerprint density at radius 2 is 1.86 bits per heavy atom. The first-order valence-electron chi connectivity index (χ1n) is 4.62. The quantitative estimate of drug-likeness (QED) is 0.777.